The molecule has 2 aromatic heterocycles. The molecule has 8 nitrogen and oxygen atoms in total. The summed E-state index contributed by atoms with van der Waals surface area (Å²) in [5, 5.41) is 16.4. The van der Waals surface area contributed by atoms with Crippen LogP contribution in [0, 0.1) is 5.82 Å². The van der Waals surface area contributed by atoms with Crippen LogP contribution in [0.1, 0.15) is 0 Å². The molecule has 0 aliphatic carbocycles. The van der Waals surface area contributed by atoms with Gasteiger partial charge >= 0.3 is 0 Å². The molecule has 0 aliphatic heterocycles. The predicted octanol–water partition coefficient (Wildman–Crippen LogP) is 4.10. The molecule has 9 heteroatoms. The van der Waals surface area contributed by atoms with E-state index in [1.165, 1.54) is 6.08 Å². The Balaban J connectivity index is 1.54. The Labute approximate surface area is 164 Å². The van der Waals surface area contributed by atoms with Gasteiger partial charge in [-0.3, -0.25) is 9.89 Å². The second kappa shape index (κ2) is 7.77. The summed E-state index contributed by atoms with van der Waals surface area (Å²) in [4.78, 5) is 19.6. The van der Waals surface area contributed by atoms with Gasteiger partial charge in [-0.1, -0.05) is 12.6 Å². The van der Waals surface area contributed by atoms with Crippen molar-refractivity contribution in [3.8, 4) is 0 Å². The van der Waals surface area contributed by atoms with Crippen molar-refractivity contribution in [1.29, 1.82) is 0 Å². The van der Waals surface area contributed by atoms with E-state index in [1.54, 1.807) is 30.5 Å². The minimum atomic E-state index is -0.611. The van der Waals surface area contributed by atoms with Gasteiger partial charge in [-0.15, -0.1) is 0 Å². The first-order valence-corrected chi connectivity index (χ1v) is 8.64. The molecule has 0 saturated carbocycles. The summed E-state index contributed by atoms with van der Waals surface area (Å²) in [5.74, 6) is -0.725. The van der Waals surface area contributed by atoms with Gasteiger partial charge in [-0.05, 0) is 42.5 Å². The zero-order valence-corrected chi connectivity index (χ0v) is 15.1. The molecule has 0 atom stereocenters. The highest BCUT2D eigenvalue weighted by Crippen LogP contribution is 2.23. The number of nitrogens with zero attached hydrogens (tertiary/aromatic N) is 3. The third kappa shape index (κ3) is 4.19. The second-order valence-electron chi connectivity index (χ2n) is 6.09. The van der Waals surface area contributed by atoms with Crippen molar-refractivity contribution in [3.05, 3.63) is 73.3 Å². The lowest BCUT2D eigenvalue weighted by atomic mass is 10.2. The molecule has 0 spiro atoms. The summed E-state index contributed by atoms with van der Waals surface area (Å²) in [5.41, 5.74) is 2.68. The largest absolute Gasteiger partial charge is 0.338 e. The molecule has 4 N–H and O–H groups in total. The van der Waals surface area contributed by atoms with Gasteiger partial charge in [0.15, 0.2) is 11.6 Å². The third-order valence-electron chi connectivity index (χ3n) is 4.02. The van der Waals surface area contributed by atoms with E-state index in [0.29, 0.717) is 11.4 Å². The number of hydrogen-bond acceptors (Lipinski definition) is 6. The number of halogens is 1. The number of aromatic amines is 1. The van der Waals surface area contributed by atoms with E-state index in [9.17, 15) is 9.18 Å². The van der Waals surface area contributed by atoms with Crippen molar-refractivity contribution in [1.82, 2.24) is 20.2 Å². The van der Waals surface area contributed by atoms with Crippen molar-refractivity contribution in [3.63, 3.8) is 0 Å². The van der Waals surface area contributed by atoms with Crippen LogP contribution >= 0.6 is 0 Å². The zero-order chi connectivity index (χ0) is 20.2. The maximum atomic E-state index is 14.2. The number of rotatable bonds is 6. The molecule has 0 aliphatic rings. The average molecular weight is 389 g/mol. The lowest BCUT2D eigenvalue weighted by molar-refractivity contribution is -0.111. The monoisotopic (exact) mass is 389 g/mol. The fraction of sp³-hybridized carbons (Fsp3) is 0. The number of aromatic nitrogens is 4. The van der Waals surface area contributed by atoms with Crippen molar-refractivity contribution in [2.45, 2.75) is 0 Å². The smallest absolute Gasteiger partial charge is 0.247 e. The van der Waals surface area contributed by atoms with Crippen molar-refractivity contribution < 1.29 is 9.18 Å². The minimum Gasteiger partial charge on any atom is -0.338 e. The van der Waals surface area contributed by atoms with E-state index in [0.717, 1.165) is 22.8 Å². The molecule has 0 unspecified atom stereocenters. The van der Waals surface area contributed by atoms with Crippen LogP contribution in [0.3, 0.4) is 0 Å². The van der Waals surface area contributed by atoms with E-state index < -0.39 is 5.82 Å². The number of hydrogen-bond donors (Lipinski definition) is 4. The number of anilines is 5. The van der Waals surface area contributed by atoms with Gasteiger partial charge in [0.25, 0.3) is 0 Å². The highest BCUT2D eigenvalue weighted by molar-refractivity contribution is 5.99. The van der Waals surface area contributed by atoms with E-state index in [4.69, 9.17) is 0 Å². The minimum absolute atomic E-state index is 0.00249. The third-order valence-corrected chi connectivity index (χ3v) is 4.02. The summed E-state index contributed by atoms with van der Waals surface area (Å²) in [6.07, 6.45) is 3.97. The first-order valence-electron chi connectivity index (χ1n) is 8.64. The number of H-pyrrole nitrogens is 1. The van der Waals surface area contributed by atoms with Crippen LogP contribution in [0.4, 0.5) is 33.2 Å². The SMILES string of the molecule is C=CC(=O)Nc1cccc(Nc2nc(Nc3ccc4cn[nH]c4c3)ncc2F)c1. The summed E-state index contributed by atoms with van der Waals surface area (Å²) in [6, 6.07) is 12.4. The highest BCUT2D eigenvalue weighted by Gasteiger charge is 2.09. The lowest BCUT2D eigenvalue weighted by Crippen LogP contribution is -2.07. The van der Waals surface area contributed by atoms with E-state index >= 15 is 0 Å². The Morgan fingerprint density at radius 3 is 2.76 bits per heavy atom. The Morgan fingerprint density at radius 2 is 1.90 bits per heavy atom. The predicted molar refractivity (Wildman–Crippen MR) is 110 cm³/mol. The lowest BCUT2D eigenvalue weighted by Gasteiger charge is -2.11. The Kier molecular flexibility index (Phi) is 4.85. The van der Waals surface area contributed by atoms with Crippen LogP contribution in [-0.4, -0.2) is 26.1 Å². The molecule has 0 fully saturated rings. The number of benzene rings is 2. The Bertz CT molecular complexity index is 1200. The van der Waals surface area contributed by atoms with Crippen LogP contribution in [0.15, 0.2) is 67.5 Å². The average Bonchev–Trinajstić information content (AvgIpc) is 3.18. The van der Waals surface area contributed by atoms with Crippen LogP contribution < -0.4 is 16.0 Å². The number of carbonyl (C=O) groups excluding carboxylic acids is 1. The molecular formula is C20H16FN7O. The summed E-state index contributed by atoms with van der Waals surface area (Å²) in [6.45, 7) is 3.41. The van der Waals surface area contributed by atoms with E-state index in [-0.39, 0.29) is 17.7 Å². The quantitative estimate of drug-likeness (QED) is 0.370. The zero-order valence-electron chi connectivity index (χ0n) is 15.1. The van der Waals surface area contributed by atoms with Gasteiger partial charge in [0.2, 0.25) is 11.9 Å². The fourth-order valence-corrected chi connectivity index (χ4v) is 2.66. The van der Waals surface area contributed by atoms with E-state index in [1.807, 2.05) is 18.2 Å². The molecule has 29 heavy (non-hydrogen) atoms. The normalized spacial score (nSPS) is 10.5. The Hall–Kier alpha value is -4.27. The standard InChI is InChI=1S/C20H16FN7O/c1-2-18(29)24-13-4-3-5-14(8-13)25-19-16(21)11-22-20(27-19)26-15-7-6-12-10-23-28-17(12)9-15/h2-11H,1H2,(H,23,28)(H,24,29)(H2,22,25,26,27). The van der Waals surface area contributed by atoms with Crippen LogP contribution in [0.5, 0.6) is 0 Å². The molecule has 144 valence electrons. The number of fused-ring (bicyclic) bond motifs is 1. The van der Waals surface area contributed by atoms with Crippen molar-refractivity contribution >= 4 is 45.6 Å². The van der Waals surface area contributed by atoms with Gasteiger partial charge < -0.3 is 16.0 Å². The van der Waals surface area contributed by atoms with Gasteiger partial charge in [0, 0.05) is 22.4 Å². The fourth-order valence-electron chi connectivity index (χ4n) is 2.66. The summed E-state index contributed by atoms with van der Waals surface area (Å²) < 4.78 is 14.2. The second-order valence-corrected chi connectivity index (χ2v) is 6.09. The molecule has 0 radical (unpaired) electrons. The van der Waals surface area contributed by atoms with Crippen LogP contribution in [-0.2, 0) is 4.79 Å². The molecule has 2 aromatic carbocycles. The molecule has 4 rings (SSSR count). The van der Waals surface area contributed by atoms with Crippen LogP contribution in [0.25, 0.3) is 10.9 Å². The van der Waals surface area contributed by atoms with Gasteiger partial charge in [-0.2, -0.15) is 10.1 Å². The number of amides is 1. The number of nitrogens with one attached hydrogen (secondary N) is 4. The molecule has 4 aromatic rings. The maximum absolute atomic E-state index is 14.2. The van der Waals surface area contributed by atoms with E-state index in [2.05, 4.69) is 42.7 Å². The van der Waals surface area contributed by atoms with Gasteiger partial charge in [-0.25, -0.2) is 9.37 Å². The molecule has 0 bridgehead atoms. The Morgan fingerprint density at radius 1 is 1.07 bits per heavy atom. The molecular weight excluding hydrogens is 373 g/mol. The maximum Gasteiger partial charge on any atom is 0.247 e. The van der Waals surface area contributed by atoms with Gasteiger partial charge in [0.05, 0.1) is 17.9 Å². The summed E-state index contributed by atoms with van der Waals surface area (Å²) >= 11 is 0. The first kappa shape index (κ1) is 18.1. The highest BCUT2D eigenvalue weighted by atomic mass is 19.1. The molecule has 0 saturated heterocycles. The summed E-state index contributed by atoms with van der Waals surface area (Å²) in [7, 11) is 0. The first-order chi connectivity index (χ1) is 14.1. The number of carbonyl (C=O) groups is 1. The molecule has 2 heterocycles. The molecule has 1 amide bonds. The van der Waals surface area contributed by atoms with Crippen LogP contribution in [0.2, 0.25) is 0 Å². The topological polar surface area (TPSA) is 108 Å². The van der Waals surface area contributed by atoms with Gasteiger partial charge in [0.1, 0.15) is 0 Å². The van der Waals surface area contributed by atoms with Crippen molar-refractivity contribution in [2.75, 3.05) is 16.0 Å². The van der Waals surface area contributed by atoms with Crippen molar-refractivity contribution in [2.24, 2.45) is 0 Å².